The molecule has 1 aromatic heterocycles. The Bertz CT molecular complexity index is 597. The minimum atomic E-state index is -0.699. The van der Waals surface area contributed by atoms with Crippen molar-refractivity contribution in [2.75, 3.05) is 13.7 Å². The van der Waals surface area contributed by atoms with Gasteiger partial charge in [-0.25, -0.2) is 9.18 Å². The van der Waals surface area contributed by atoms with Gasteiger partial charge in [-0.1, -0.05) is 0 Å². The van der Waals surface area contributed by atoms with E-state index in [0.717, 1.165) is 0 Å². The molecule has 2 aromatic rings. The fraction of sp³-hybridized carbons (Fsp3) is 0.250. The van der Waals surface area contributed by atoms with Gasteiger partial charge < -0.3 is 13.9 Å². The first-order valence-electron chi connectivity index (χ1n) is 5.50. The molecule has 0 fully saturated rings. The Hall–Kier alpha value is -2.44. The summed E-state index contributed by atoms with van der Waals surface area (Å²) in [7, 11) is 1.35. The van der Waals surface area contributed by atoms with Crippen LogP contribution in [-0.4, -0.2) is 29.9 Å². The number of aromatic nitrogens is 2. The zero-order valence-electron chi connectivity index (χ0n) is 10.3. The van der Waals surface area contributed by atoms with Gasteiger partial charge in [-0.15, -0.1) is 10.2 Å². The number of methoxy groups -OCH3 is 1. The number of halogens is 1. The van der Waals surface area contributed by atoms with E-state index >= 15 is 0 Å². The van der Waals surface area contributed by atoms with Crippen molar-refractivity contribution in [3.8, 4) is 17.2 Å². The highest BCUT2D eigenvalue weighted by atomic mass is 19.1. The number of nitrogens with zero attached hydrogens (tertiary/aromatic N) is 2. The highest BCUT2D eigenvalue weighted by Crippen LogP contribution is 2.25. The normalized spacial score (nSPS) is 10.3. The second-order valence-corrected chi connectivity index (χ2v) is 3.48. The summed E-state index contributed by atoms with van der Waals surface area (Å²) in [6.07, 6.45) is 0. The lowest BCUT2D eigenvalue weighted by Crippen LogP contribution is -2.04. The number of hydrogen-bond donors (Lipinski definition) is 0. The molecule has 2 rings (SSSR count). The quantitative estimate of drug-likeness (QED) is 0.788. The number of benzene rings is 1. The van der Waals surface area contributed by atoms with Gasteiger partial charge in [0.1, 0.15) is 0 Å². The summed E-state index contributed by atoms with van der Waals surface area (Å²) in [6, 6.07) is 4.06. The molecule has 0 spiro atoms. The molecule has 0 aliphatic rings. The van der Waals surface area contributed by atoms with Gasteiger partial charge in [-0.2, -0.15) is 0 Å². The van der Waals surface area contributed by atoms with Gasteiger partial charge in [-0.3, -0.25) is 0 Å². The summed E-state index contributed by atoms with van der Waals surface area (Å²) in [6.45, 7) is 1.88. The Kier molecular flexibility index (Phi) is 3.74. The lowest BCUT2D eigenvalue weighted by molar-refractivity contribution is 0.0481. The Morgan fingerprint density at radius 2 is 2.21 bits per heavy atom. The van der Waals surface area contributed by atoms with E-state index in [1.54, 1.807) is 6.92 Å². The summed E-state index contributed by atoms with van der Waals surface area (Å²) >= 11 is 0. The van der Waals surface area contributed by atoms with Crippen LogP contribution >= 0.6 is 0 Å². The van der Waals surface area contributed by atoms with Gasteiger partial charge in [0.15, 0.2) is 11.6 Å². The number of esters is 1. The summed E-state index contributed by atoms with van der Waals surface area (Å²) in [5.74, 6) is -1.32. The zero-order valence-corrected chi connectivity index (χ0v) is 10.3. The van der Waals surface area contributed by atoms with E-state index in [2.05, 4.69) is 10.2 Å². The van der Waals surface area contributed by atoms with E-state index in [0.29, 0.717) is 5.56 Å². The van der Waals surface area contributed by atoms with Gasteiger partial charge in [0.05, 0.1) is 13.7 Å². The van der Waals surface area contributed by atoms with Gasteiger partial charge >= 0.3 is 11.9 Å². The molecule has 0 saturated carbocycles. The molecule has 0 saturated heterocycles. The number of carbonyl (C=O) groups is 1. The second kappa shape index (κ2) is 5.47. The Labute approximate surface area is 108 Å². The van der Waals surface area contributed by atoms with Crippen molar-refractivity contribution in [2.45, 2.75) is 6.92 Å². The molecule has 0 atom stereocenters. The molecule has 7 heteroatoms. The summed E-state index contributed by atoms with van der Waals surface area (Å²) < 4.78 is 28.0. The molecule has 19 heavy (non-hydrogen) atoms. The van der Waals surface area contributed by atoms with Crippen LogP contribution in [0.5, 0.6) is 5.75 Å². The summed E-state index contributed by atoms with van der Waals surface area (Å²) in [5, 5.41) is 7.26. The van der Waals surface area contributed by atoms with Crippen molar-refractivity contribution >= 4 is 5.97 Å². The molecule has 100 valence electrons. The van der Waals surface area contributed by atoms with Crippen LogP contribution in [0.25, 0.3) is 11.5 Å². The fourth-order valence-corrected chi connectivity index (χ4v) is 1.41. The molecule has 0 aliphatic carbocycles. The maximum atomic E-state index is 13.3. The highest BCUT2D eigenvalue weighted by molar-refractivity contribution is 5.84. The van der Waals surface area contributed by atoms with Gasteiger partial charge in [0, 0.05) is 5.56 Å². The van der Waals surface area contributed by atoms with Crippen molar-refractivity contribution in [3.63, 3.8) is 0 Å². The predicted molar refractivity (Wildman–Crippen MR) is 62.2 cm³/mol. The molecular formula is C12H11FN2O4. The molecule has 0 unspecified atom stereocenters. The fourth-order valence-electron chi connectivity index (χ4n) is 1.41. The molecule has 1 heterocycles. The molecule has 0 amide bonds. The first-order valence-corrected chi connectivity index (χ1v) is 5.50. The third kappa shape index (κ3) is 2.70. The lowest BCUT2D eigenvalue weighted by Gasteiger charge is -2.02. The number of carbonyl (C=O) groups excluding carboxylic acids is 1. The van der Waals surface area contributed by atoms with E-state index in [4.69, 9.17) is 13.9 Å². The van der Waals surface area contributed by atoms with Crippen LogP contribution in [0.15, 0.2) is 22.6 Å². The maximum Gasteiger partial charge on any atom is 0.396 e. The molecule has 0 bridgehead atoms. The first kappa shape index (κ1) is 13.0. The summed E-state index contributed by atoms with van der Waals surface area (Å²) in [5.41, 5.74) is 0.446. The van der Waals surface area contributed by atoms with Crippen LogP contribution in [0.1, 0.15) is 17.6 Å². The zero-order chi connectivity index (χ0) is 13.8. The van der Waals surface area contributed by atoms with Crippen LogP contribution in [-0.2, 0) is 4.74 Å². The average molecular weight is 266 g/mol. The Morgan fingerprint density at radius 3 is 2.89 bits per heavy atom. The van der Waals surface area contributed by atoms with Crippen molar-refractivity contribution in [1.29, 1.82) is 0 Å². The smallest absolute Gasteiger partial charge is 0.396 e. The van der Waals surface area contributed by atoms with Crippen LogP contribution < -0.4 is 4.74 Å². The third-order valence-corrected chi connectivity index (χ3v) is 2.27. The van der Waals surface area contributed by atoms with Crippen LogP contribution in [0, 0.1) is 5.82 Å². The highest BCUT2D eigenvalue weighted by Gasteiger charge is 2.17. The Morgan fingerprint density at radius 1 is 1.42 bits per heavy atom. The first-order chi connectivity index (χ1) is 9.15. The van der Waals surface area contributed by atoms with Crippen molar-refractivity contribution in [2.24, 2.45) is 0 Å². The van der Waals surface area contributed by atoms with E-state index in [9.17, 15) is 9.18 Å². The molecule has 0 aliphatic heterocycles. The van der Waals surface area contributed by atoms with E-state index in [-0.39, 0.29) is 24.1 Å². The van der Waals surface area contributed by atoms with Crippen LogP contribution in [0.4, 0.5) is 4.39 Å². The second-order valence-electron chi connectivity index (χ2n) is 3.48. The summed E-state index contributed by atoms with van der Waals surface area (Å²) in [4.78, 5) is 11.4. The van der Waals surface area contributed by atoms with Crippen molar-refractivity contribution < 1.29 is 23.1 Å². The van der Waals surface area contributed by atoms with E-state index < -0.39 is 11.8 Å². The molecule has 0 radical (unpaired) electrons. The largest absolute Gasteiger partial charge is 0.494 e. The average Bonchev–Trinajstić information content (AvgIpc) is 2.89. The van der Waals surface area contributed by atoms with Crippen molar-refractivity contribution in [3.05, 3.63) is 29.9 Å². The van der Waals surface area contributed by atoms with Gasteiger partial charge in [-0.05, 0) is 25.1 Å². The molecule has 6 nitrogen and oxygen atoms in total. The van der Waals surface area contributed by atoms with E-state index in [1.165, 1.54) is 25.3 Å². The number of ether oxygens (including phenoxy) is 2. The molecule has 1 aromatic carbocycles. The third-order valence-electron chi connectivity index (χ3n) is 2.27. The van der Waals surface area contributed by atoms with Gasteiger partial charge in [0.2, 0.25) is 5.89 Å². The minimum Gasteiger partial charge on any atom is -0.494 e. The minimum absolute atomic E-state index is 0.0494. The lowest BCUT2D eigenvalue weighted by atomic mass is 10.2. The Balaban J connectivity index is 2.30. The van der Waals surface area contributed by atoms with E-state index in [1.807, 2.05) is 0 Å². The van der Waals surface area contributed by atoms with Crippen molar-refractivity contribution in [1.82, 2.24) is 10.2 Å². The predicted octanol–water partition coefficient (Wildman–Crippen LogP) is 2.06. The molecule has 0 N–H and O–H groups in total. The van der Waals surface area contributed by atoms with Crippen LogP contribution in [0.3, 0.4) is 0 Å². The van der Waals surface area contributed by atoms with Crippen LogP contribution in [0.2, 0.25) is 0 Å². The standard InChI is InChI=1S/C12H11FN2O4/c1-3-18-12(16)11-15-14-10(19-11)7-4-5-8(13)9(6-7)17-2/h4-6H,3H2,1-2H3. The molecular weight excluding hydrogens is 255 g/mol. The monoisotopic (exact) mass is 266 g/mol. The van der Waals surface area contributed by atoms with Gasteiger partial charge in [0.25, 0.3) is 0 Å². The number of rotatable bonds is 4. The SMILES string of the molecule is CCOC(=O)c1nnc(-c2ccc(F)c(OC)c2)o1. The maximum absolute atomic E-state index is 13.3. The number of hydrogen-bond acceptors (Lipinski definition) is 6. The topological polar surface area (TPSA) is 74.5 Å².